The SMILES string of the molecule is CC1(c2cccc(C(N)=O)c2)NC(=O)N(CC(=O)NCc2ccc(C(=O)N3CCCC3)cc2)C1=O. The molecule has 1 unspecified atom stereocenters. The van der Waals surface area contributed by atoms with Gasteiger partial charge >= 0.3 is 6.03 Å². The molecule has 2 heterocycles. The zero-order chi connectivity index (χ0) is 25.2. The van der Waals surface area contributed by atoms with E-state index in [2.05, 4.69) is 10.6 Å². The van der Waals surface area contributed by atoms with Crippen LogP contribution >= 0.6 is 0 Å². The smallest absolute Gasteiger partial charge is 0.325 e. The molecule has 2 aliphatic heterocycles. The van der Waals surface area contributed by atoms with Crippen LogP contribution in [-0.2, 0) is 21.7 Å². The Morgan fingerprint density at radius 2 is 1.71 bits per heavy atom. The van der Waals surface area contributed by atoms with E-state index < -0.39 is 35.8 Å². The lowest BCUT2D eigenvalue weighted by atomic mass is 9.90. The summed E-state index contributed by atoms with van der Waals surface area (Å²) in [5.74, 6) is -1.78. The predicted octanol–water partition coefficient (Wildman–Crippen LogP) is 1.10. The first-order chi connectivity index (χ1) is 16.7. The summed E-state index contributed by atoms with van der Waals surface area (Å²) in [6.45, 7) is 2.78. The molecule has 35 heavy (non-hydrogen) atoms. The van der Waals surface area contributed by atoms with Crippen molar-refractivity contribution in [1.82, 2.24) is 20.4 Å². The number of hydrogen-bond acceptors (Lipinski definition) is 5. The van der Waals surface area contributed by atoms with Crippen LogP contribution in [0, 0.1) is 0 Å². The zero-order valence-corrected chi connectivity index (χ0v) is 19.4. The van der Waals surface area contributed by atoms with Gasteiger partial charge in [0, 0.05) is 30.8 Å². The molecule has 182 valence electrons. The lowest BCUT2D eigenvalue weighted by Crippen LogP contribution is -2.43. The fraction of sp³-hybridized carbons (Fsp3) is 0.320. The van der Waals surface area contributed by atoms with E-state index in [1.807, 2.05) is 4.90 Å². The van der Waals surface area contributed by atoms with Gasteiger partial charge in [0.05, 0.1) is 0 Å². The van der Waals surface area contributed by atoms with Crippen molar-refractivity contribution < 1.29 is 24.0 Å². The number of rotatable bonds is 7. The number of carbonyl (C=O) groups excluding carboxylic acids is 5. The first-order valence-corrected chi connectivity index (χ1v) is 11.4. The van der Waals surface area contributed by atoms with Gasteiger partial charge in [-0.3, -0.25) is 24.1 Å². The Labute approximate surface area is 202 Å². The normalized spacial score (nSPS) is 19.6. The summed E-state index contributed by atoms with van der Waals surface area (Å²) in [6, 6.07) is 12.4. The average molecular weight is 478 g/mol. The minimum Gasteiger partial charge on any atom is -0.366 e. The van der Waals surface area contributed by atoms with Gasteiger partial charge in [0.2, 0.25) is 11.8 Å². The molecule has 2 saturated heterocycles. The van der Waals surface area contributed by atoms with Crippen molar-refractivity contribution in [3.63, 3.8) is 0 Å². The highest BCUT2D eigenvalue weighted by atomic mass is 16.2. The number of amides is 6. The van der Waals surface area contributed by atoms with Crippen molar-refractivity contribution in [1.29, 1.82) is 0 Å². The lowest BCUT2D eigenvalue weighted by Gasteiger charge is -2.22. The molecule has 2 aromatic rings. The second-order valence-electron chi connectivity index (χ2n) is 8.86. The summed E-state index contributed by atoms with van der Waals surface area (Å²) in [7, 11) is 0. The Balaban J connectivity index is 1.35. The summed E-state index contributed by atoms with van der Waals surface area (Å²) < 4.78 is 0. The van der Waals surface area contributed by atoms with E-state index in [1.165, 1.54) is 19.1 Å². The summed E-state index contributed by atoms with van der Waals surface area (Å²) in [5.41, 5.74) is 5.86. The standard InChI is InChI=1S/C25H27N5O5/c1-25(19-6-4-5-18(13-19)21(26)32)23(34)30(24(35)28-25)15-20(31)27-14-16-7-9-17(10-8-16)22(33)29-11-2-3-12-29/h4-10,13H,2-3,11-12,14-15H2,1H3,(H2,26,32)(H,27,31)(H,28,35). The Morgan fingerprint density at radius 3 is 2.37 bits per heavy atom. The Kier molecular flexibility index (Phi) is 6.54. The van der Waals surface area contributed by atoms with Gasteiger partial charge in [-0.15, -0.1) is 0 Å². The molecule has 0 radical (unpaired) electrons. The number of imide groups is 1. The molecular formula is C25H27N5O5. The number of hydrogen-bond donors (Lipinski definition) is 3. The fourth-order valence-electron chi connectivity index (χ4n) is 4.29. The van der Waals surface area contributed by atoms with Crippen molar-refractivity contribution in [3.8, 4) is 0 Å². The van der Waals surface area contributed by atoms with Gasteiger partial charge in [-0.1, -0.05) is 24.3 Å². The van der Waals surface area contributed by atoms with Gasteiger partial charge in [0.1, 0.15) is 12.1 Å². The molecule has 4 N–H and O–H groups in total. The molecule has 0 bridgehead atoms. The first-order valence-electron chi connectivity index (χ1n) is 11.4. The van der Waals surface area contributed by atoms with Crippen molar-refractivity contribution >= 4 is 29.7 Å². The van der Waals surface area contributed by atoms with Gasteiger partial charge in [-0.2, -0.15) is 0 Å². The van der Waals surface area contributed by atoms with Crippen LogP contribution in [0.5, 0.6) is 0 Å². The number of benzene rings is 2. The van der Waals surface area contributed by atoms with E-state index in [0.717, 1.165) is 36.4 Å². The van der Waals surface area contributed by atoms with Crippen LogP contribution in [0.4, 0.5) is 4.79 Å². The predicted molar refractivity (Wildman–Crippen MR) is 126 cm³/mol. The first kappa shape index (κ1) is 23.9. The molecule has 0 spiro atoms. The molecule has 2 aromatic carbocycles. The van der Waals surface area contributed by atoms with E-state index in [9.17, 15) is 24.0 Å². The van der Waals surface area contributed by atoms with Crippen molar-refractivity contribution in [2.24, 2.45) is 5.73 Å². The molecule has 0 aromatic heterocycles. The molecule has 1 atom stereocenters. The maximum atomic E-state index is 13.0. The third-order valence-electron chi connectivity index (χ3n) is 6.38. The Hall–Kier alpha value is -4.21. The number of primary amides is 1. The molecular weight excluding hydrogens is 450 g/mol. The van der Waals surface area contributed by atoms with Crippen molar-refractivity contribution in [3.05, 3.63) is 70.8 Å². The number of urea groups is 1. The van der Waals surface area contributed by atoms with E-state index in [-0.39, 0.29) is 18.0 Å². The quantitative estimate of drug-likeness (QED) is 0.512. The summed E-state index contributed by atoms with van der Waals surface area (Å²) in [4.78, 5) is 64.6. The minimum atomic E-state index is -1.43. The van der Waals surface area contributed by atoms with Crippen LogP contribution in [0.1, 0.15) is 51.6 Å². The highest BCUT2D eigenvalue weighted by molar-refractivity contribution is 6.09. The number of nitrogens with two attached hydrogens (primary N) is 1. The molecule has 10 heteroatoms. The second kappa shape index (κ2) is 9.57. The summed E-state index contributed by atoms with van der Waals surface area (Å²) >= 11 is 0. The summed E-state index contributed by atoms with van der Waals surface area (Å²) in [6.07, 6.45) is 2.04. The molecule has 0 saturated carbocycles. The monoisotopic (exact) mass is 477 g/mol. The molecule has 0 aliphatic carbocycles. The largest absolute Gasteiger partial charge is 0.366 e. The number of carbonyl (C=O) groups is 5. The van der Waals surface area contributed by atoms with Crippen LogP contribution in [-0.4, -0.2) is 59.1 Å². The lowest BCUT2D eigenvalue weighted by molar-refractivity contribution is -0.134. The number of nitrogens with one attached hydrogen (secondary N) is 2. The van der Waals surface area contributed by atoms with Crippen LogP contribution in [0.2, 0.25) is 0 Å². The molecule has 2 aliphatic rings. The molecule has 10 nitrogen and oxygen atoms in total. The second-order valence-corrected chi connectivity index (χ2v) is 8.86. The van der Waals surface area contributed by atoms with Crippen LogP contribution in [0.3, 0.4) is 0 Å². The maximum absolute atomic E-state index is 13.0. The number of nitrogens with zero attached hydrogens (tertiary/aromatic N) is 2. The van der Waals surface area contributed by atoms with Gasteiger partial charge in [-0.25, -0.2) is 4.79 Å². The zero-order valence-electron chi connectivity index (χ0n) is 19.4. The fourth-order valence-corrected chi connectivity index (χ4v) is 4.29. The van der Waals surface area contributed by atoms with E-state index >= 15 is 0 Å². The highest BCUT2D eigenvalue weighted by Crippen LogP contribution is 2.29. The van der Waals surface area contributed by atoms with E-state index in [0.29, 0.717) is 11.1 Å². The van der Waals surface area contributed by atoms with E-state index in [1.54, 1.807) is 36.4 Å². The Morgan fingerprint density at radius 1 is 1.03 bits per heavy atom. The van der Waals surface area contributed by atoms with Gasteiger partial charge < -0.3 is 21.3 Å². The van der Waals surface area contributed by atoms with Crippen LogP contribution in [0.25, 0.3) is 0 Å². The highest BCUT2D eigenvalue weighted by Gasteiger charge is 2.49. The van der Waals surface area contributed by atoms with E-state index in [4.69, 9.17) is 5.73 Å². The van der Waals surface area contributed by atoms with Crippen LogP contribution in [0.15, 0.2) is 48.5 Å². The minimum absolute atomic E-state index is 0.000980. The molecule has 4 rings (SSSR count). The van der Waals surface area contributed by atoms with Crippen molar-refractivity contribution in [2.45, 2.75) is 31.8 Å². The number of likely N-dealkylation sites (tertiary alicyclic amines) is 1. The van der Waals surface area contributed by atoms with Crippen LogP contribution < -0.4 is 16.4 Å². The topological polar surface area (TPSA) is 142 Å². The maximum Gasteiger partial charge on any atom is 0.325 e. The third-order valence-corrected chi connectivity index (χ3v) is 6.38. The van der Waals surface area contributed by atoms with Crippen molar-refractivity contribution in [2.75, 3.05) is 19.6 Å². The molecule has 6 amide bonds. The van der Waals surface area contributed by atoms with Gasteiger partial charge in [-0.05, 0) is 55.2 Å². The summed E-state index contributed by atoms with van der Waals surface area (Å²) in [5, 5.41) is 5.29. The van der Waals surface area contributed by atoms with Gasteiger partial charge in [0.15, 0.2) is 0 Å². The van der Waals surface area contributed by atoms with Gasteiger partial charge in [0.25, 0.3) is 11.8 Å². The Bertz CT molecular complexity index is 1190. The average Bonchev–Trinajstić information content (AvgIpc) is 3.47. The third kappa shape index (κ3) is 4.86. The molecule has 2 fully saturated rings.